The van der Waals surface area contributed by atoms with E-state index in [1.165, 1.54) is 0 Å². The molecular formula is C17H10N8O2P3+. The van der Waals surface area contributed by atoms with Crippen LogP contribution < -0.4 is 9.36 Å². The number of nitriles is 5. The van der Waals surface area contributed by atoms with Gasteiger partial charge < -0.3 is 4.84 Å². The van der Waals surface area contributed by atoms with Gasteiger partial charge in [-0.25, -0.2) is 0 Å². The van der Waals surface area contributed by atoms with E-state index in [0.29, 0.717) is 0 Å². The third kappa shape index (κ3) is 3.52. The zero-order chi connectivity index (χ0) is 21.6. The Morgan fingerprint density at radius 2 is 1.43 bits per heavy atom. The molecule has 0 fully saturated rings. The summed E-state index contributed by atoms with van der Waals surface area (Å²) >= 11 is 0. The van der Waals surface area contributed by atoms with Crippen LogP contribution >= 0.6 is 23.2 Å². The molecular weight excluding hydrogens is 441 g/mol. The first-order chi connectivity index (χ1) is 14.6. The van der Waals surface area contributed by atoms with Gasteiger partial charge >= 0.3 is 20.8 Å². The SMILES string of the molecule is N#CN1P(C#N)N=P(C#N)(C#N)N(Oc2ccccc2)[P+]1(C#N)Oc1ccccc1. The van der Waals surface area contributed by atoms with Crippen molar-refractivity contribution in [1.82, 2.24) is 9.05 Å². The second-order valence-corrected chi connectivity index (χ2v) is 12.1. The Labute approximate surface area is 174 Å². The van der Waals surface area contributed by atoms with Crippen LogP contribution in [0.2, 0.25) is 0 Å². The Balaban J connectivity index is 2.30. The Morgan fingerprint density at radius 3 is 1.90 bits per heavy atom. The quantitative estimate of drug-likeness (QED) is 0.446. The number of hydrogen-bond acceptors (Lipinski definition) is 10. The molecule has 0 aliphatic carbocycles. The topological polar surface area (TPSA) is 156 Å². The molecule has 13 heteroatoms. The minimum Gasteiger partial charge on any atom is -0.362 e. The highest BCUT2D eigenvalue weighted by atomic mass is 31.3. The average molecular weight is 451 g/mol. The molecule has 0 saturated heterocycles. The summed E-state index contributed by atoms with van der Waals surface area (Å²) in [5, 5.41) is 49.3. The molecule has 3 rings (SSSR count). The predicted molar refractivity (Wildman–Crippen MR) is 109 cm³/mol. The van der Waals surface area contributed by atoms with Crippen LogP contribution in [0.15, 0.2) is 65.2 Å². The van der Waals surface area contributed by atoms with E-state index in [0.717, 1.165) is 9.05 Å². The van der Waals surface area contributed by atoms with Crippen LogP contribution in [-0.2, 0) is 0 Å². The smallest absolute Gasteiger partial charge is 0.362 e. The number of hydrogen-bond donors (Lipinski definition) is 0. The molecule has 0 bridgehead atoms. The van der Waals surface area contributed by atoms with E-state index < -0.39 is 23.2 Å². The lowest BCUT2D eigenvalue weighted by Gasteiger charge is -2.36. The van der Waals surface area contributed by atoms with Crippen molar-refractivity contribution in [3.8, 4) is 40.9 Å². The summed E-state index contributed by atoms with van der Waals surface area (Å²) in [5.74, 6) is 7.86. The average Bonchev–Trinajstić information content (AvgIpc) is 2.81. The van der Waals surface area contributed by atoms with Gasteiger partial charge in [-0.1, -0.05) is 40.8 Å². The number of benzene rings is 2. The lowest BCUT2D eigenvalue weighted by molar-refractivity contribution is 0.122. The minimum atomic E-state index is -4.00. The van der Waals surface area contributed by atoms with Crippen molar-refractivity contribution in [2.24, 2.45) is 4.52 Å². The molecule has 0 aromatic heterocycles. The van der Waals surface area contributed by atoms with E-state index in [4.69, 9.17) is 9.36 Å². The van der Waals surface area contributed by atoms with Gasteiger partial charge in [0, 0.05) is 0 Å². The molecule has 0 radical (unpaired) electrons. The summed E-state index contributed by atoms with van der Waals surface area (Å²) in [6.07, 6.45) is 1.79. The van der Waals surface area contributed by atoms with Gasteiger partial charge in [-0.2, -0.15) is 25.6 Å². The normalized spacial score (nSPS) is 22.0. The zero-order valence-electron chi connectivity index (χ0n) is 15.0. The van der Waals surface area contributed by atoms with Crippen LogP contribution in [-0.4, -0.2) is 9.05 Å². The van der Waals surface area contributed by atoms with Gasteiger partial charge in [0.25, 0.3) is 8.22 Å². The maximum atomic E-state index is 10.2. The van der Waals surface area contributed by atoms with Gasteiger partial charge in [0.05, 0.1) is 0 Å². The molecule has 2 atom stereocenters. The van der Waals surface area contributed by atoms with Gasteiger partial charge in [0.1, 0.15) is 22.0 Å². The predicted octanol–water partition coefficient (Wildman–Crippen LogP) is 5.27. The van der Waals surface area contributed by atoms with E-state index in [-0.39, 0.29) is 11.5 Å². The molecule has 2 unspecified atom stereocenters. The zero-order valence-corrected chi connectivity index (χ0v) is 17.7. The van der Waals surface area contributed by atoms with Crippen LogP contribution in [0.25, 0.3) is 0 Å². The Bertz CT molecular complexity index is 1190. The standard InChI is InChI=1S/C17H10N8O2P3/c18-11-24-28(12-19)23-29(13-20,14-21)25(26-16-7-3-1-4-8-16)30(24,15-22)27-17-9-5-2-6-10-17/h1-10H/q+1. The van der Waals surface area contributed by atoms with E-state index in [1.54, 1.807) is 66.9 Å². The van der Waals surface area contributed by atoms with Crippen molar-refractivity contribution in [2.75, 3.05) is 0 Å². The summed E-state index contributed by atoms with van der Waals surface area (Å²) in [6, 6.07) is 16.3. The van der Waals surface area contributed by atoms with E-state index in [9.17, 15) is 26.3 Å². The van der Waals surface area contributed by atoms with Gasteiger partial charge in [-0.05, 0) is 24.3 Å². The lowest BCUT2D eigenvalue weighted by Crippen LogP contribution is -2.35. The first-order valence-corrected chi connectivity index (χ1v) is 12.6. The van der Waals surface area contributed by atoms with E-state index >= 15 is 0 Å². The molecule has 0 saturated carbocycles. The number of para-hydroxylation sites is 2. The van der Waals surface area contributed by atoms with Crippen molar-refractivity contribution in [3.05, 3.63) is 60.7 Å². The van der Waals surface area contributed by atoms with Crippen LogP contribution in [0, 0.1) is 55.7 Å². The molecule has 10 nitrogen and oxygen atoms in total. The molecule has 2 aromatic rings. The number of nitrogens with zero attached hydrogens (tertiary/aromatic N) is 8. The summed E-state index contributed by atoms with van der Waals surface area (Å²) in [4.78, 5) is 5.81. The Morgan fingerprint density at radius 1 is 0.867 bits per heavy atom. The third-order valence-electron chi connectivity index (χ3n) is 3.62. The van der Waals surface area contributed by atoms with Crippen molar-refractivity contribution in [2.45, 2.75) is 0 Å². The molecule has 1 aliphatic heterocycles. The van der Waals surface area contributed by atoms with Gasteiger partial charge in [-0.3, -0.25) is 4.52 Å². The first kappa shape index (κ1) is 21.1. The molecule has 1 heterocycles. The lowest BCUT2D eigenvalue weighted by atomic mass is 10.3. The van der Waals surface area contributed by atoms with Crippen LogP contribution in [0.3, 0.4) is 0 Å². The van der Waals surface area contributed by atoms with Crippen molar-refractivity contribution >= 4 is 23.2 Å². The van der Waals surface area contributed by atoms with Crippen LogP contribution in [0.1, 0.15) is 0 Å². The van der Waals surface area contributed by atoms with Gasteiger partial charge in [-0.15, -0.1) is 5.26 Å². The molecule has 0 N–H and O–H groups in total. The van der Waals surface area contributed by atoms with Gasteiger partial charge in [0.2, 0.25) is 6.19 Å². The molecule has 0 amide bonds. The number of rotatable bonds is 4. The fraction of sp³-hybridized carbons (Fsp3) is 0. The van der Waals surface area contributed by atoms with E-state index in [2.05, 4.69) is 4.52 Å². The highest BCUT2D eigenvalue weighted by Crippen LogP contribution is 2.85. The summed E-state index contributed by atoms with van der Waals surface area (Å²) < 4.78 is 11.7. The largest absolute Gasteiger partial charge is 0.520 e. The second kappa shape index (κ2) is 8.78. The van der Waals surface area contributed by atoms with Crippen LogP contribution in [0.4, 0.5) is 0 Å². The summed E-state index contributed by atoms with van der Waals surface area (Å²) in [7, 11) is -10.2. The Kier molecular flexibility index (Phi) is 6.17. The first-order valence-electron chi connectivity index (χ1n) is 8.03. The molecule has 2 aromatic carbocycles. The fourth-order valence-electron chi connectivity index (χ4n) is 2.35. The second-order valence-electron chi connectivity index (χ2n) is 5.38. The van der Waals surface area contributed by atoms with Crippen LogP contribution in [0.5, 0.6) is 11.5 Å². The Hall–Kier alpha value is -3.66. The van der Waals surface area contributed by atoms with Gasteiger partial charge in [0.15, 0.2) is 11.5 Å². The maximum Gasteiger partial charge on any atom is 0.520 e. The third-order valence-corrected chi connectivity index (χ3v) is 11.7. The fourth-order valence-corrected chi connectivity index (χ4v) is 10.6. The highest BCUT2D eigenvalue weighted by Gasteiger charge is 2.72. The van der Waals surface area contributed by atoms with E-state index in [1.807, 2.05) is 23.2 Å². The minimum absolute atomic E-state index is 0.207. The van der Waals surface area contributed by atoms with Crippen molar-refractivity contribution in [1.29, 1.82) is 26.3 Å². The molecule has 1 aliphatic rings. The molecule has 144 valence electrons. The van der Waals surface area contributed by atoms with Crippen molar-refractivity contribution < 1.29 is 9.36 Å². The summed E-state index contributed by atoms with van der Waals surface area (Å²) in [6.45, 7) is 0. The highest BCUT2D eigenvalue weighted by molar-refractivity contribution is 7.95. The monoisotopic (exact) mass is 451 g/mol. The van der Waals surface area contributed by atoms with Crippen molar-refractivity contribution in [3.63, 3.8) is 0 Å². The molecule has 0 spiro atoms. The molecule has 30 heavy (non-hydrogen) atoms. The summed E-state index contributed by atoms with van der Waals surface area (Å²) in [5.41, 5.74) is 0. The maximum absolute atomic E-state index is 10.2.